The highest BCUT2D eigenvalue weighted by Gasteiger charge is 2.47. The monoisotopic (exact) mass is 194 g/mol. The van der Waals surface area contributed by atoms with E-state index in [1.807, 2.05) is 0 Å². The Labute approximate surface area is 72.8 Å². The average molecular weight is 194 g/mol. The molecular weight excluding hydrogens is 184 g/mol. The molecule has 0 spiro atoms. The lowest BCUT2D eigenvalue weighted by atomic mass is 10.1. The van der Waals surface area contributed by atoms with Gasteiger partial charge in [0.2, 0.25) is 0 Å². The third kappa shape index (κ3) is 1.79. The molecule has 0 aromatic rings. The van der Waals surface area contributed by atoms with Gasteiger partial charge in [-0.05, 0) is 0 Å². The van der Waals surface area contributed by atoms with Gasteiger partial charge in [-0.1, -0.05) is 0 Å². The molecule has 0 bridgehead atoms. The summed E-state index contributed by atoms with van der Waals surface area (Å²) >= 11 is 0. The van der Waals surface area contributed by atoms with Gasteiger partial charge in [0.05, 0.1) is 0 Å². The van der Waals surface area contributed by atoms with Crippen molar-refractivity contribution in [3.8, 4) is 0 Å². The molecule has 7 heteroatoms. The third-order valence-electron chi connectivity index (χ3n) is 1.84. The molecule has 13 heavy (non-hydrogen) atoms. The maximum absolute atomic E-state index is 10.2. The fourth-order valence-electron chi connectivity index (χ4n) is 1.09. The van der Waals surface area contributed by atoms with Gasteiger partial charge in [0.15, 0.2) is 12.4 Å². The molecule has 1 saturated heterocycles. The smallest absolute Gasteiger partial charge is 0.335 e. The summed E-state index contributed by atoms with van der Waals surface area (Å²) in [6.07, 6.45) is -8.36. The summed E-state index contributed by atoms with van der Waals surface area (Å²) in [5.41, 5.74) is 0. The van der Waals surface area contributed by atoms with Crippen LogP contribution in [0.2, 0.25) is 0 Å². The molecule has 1 aliphatic rings. The van der Waals surface area contributed by atoms with Gasteiger partial charge in [0.1, 0.15) is 18.3 Å². The van der Waals surface area contributed by atoms with Crippen molar-refractivity contribution in [3.05, 3.63) is 0 Å². The SMILES string of the molecule is O=C(O)[C@@H](O)[C@H]1O[C@@H](O)[C@H](O)[C@@H]1O. The second-order valence-electron chi connectivity index (χ2n) is 2.76. The van der Waals surface area contributed by atoms with Crippen LogP contribution in [0.4, 0.5) is 0 Å². The van der Waals surface area contributed by atoms with Crippen molar-refractivity contribution in [2.24, 2.45) is 0 Å². The van der Waals surface area contributed by atoms with Crippen LogP contribution in [0.5, 0.6) is 0 Å². The van der Waals surface area contributed by atoms with E-state index in [-0.39, 0.29) is 0 Å². The molecule has 0 radical (unpaired) electrons. The minimum absolute atomic E-state index is 1.51. The van der Waals surface area contributed by atoms with Crippen molar-refractivity contribution >= 4 is 5.97 Å². The van der Waals surface area contributed by atoms with Crippen LogP contribution in [0.25, 0.3) is 0 Å². The summed E-state index contributed by atoms with van der Waals surface area (Å²) in [7, 11) is 0. The molecule has 5 N–H and O–H groups in total. The maximum Gasteiger partial charge on any atom is 0.335 e. The number of hydrogen-bond donors (Lipinski definition) is 5. The zero-order valence-corrected chi connectivity index (χ0v) is 6.44. The van der Waals surface area contributed by atoms with Crippen LogP contribution < -0.4 is 0 Å². The van der Waals surface area contributed by atoms with Gasteiger partial charge in [-0.25, -0.2) is 4.79 Å². The number of carboxylic acid groups (broad SMARTS) is 1. The first-order valence-corrected chi connectivity index (χ1v) is 3.55. The van der Waals surface area contributed by atoms with E-state index in [0.717, 1.165) is 0 Å². The summed E-state index contributed by atoms with van der Waals surface area (Å²) in [6, 6.07) is 0. The number of aliphatic hydroxyl groups excluding tert-OH is 4. The Morgan fingerprint density at radius 1 is 1.23 bits per heavy atom. The Bertz CT molecular complexity index is 205. The molecule has 1 rings (SSSR count). The van der Waals surface area contributed by atoms with Gasteiger partial charge < -0.3 is 30.3 Å². The van der Waals surface area contributed by atoms with Crippen LogP contribution in [0, 0.1) is 0 Å². The van der Waals surface area contributed by atoms with Crippen molar-refractivity contribution < 1.29 is 35.1 Å². The standard InChI is InChI=1S/C6H10O7/c7-1-2(8)6(12)13-4(1)3(9)5(10)11/h1-4,6-9,12H,(H,10,11)/t1-,2+,3-,4-,6+/m0/s1. The fourth-order valence-corrected chi connectivity index (χ4v) is 1.09. The van der Waals surface area contributed by atoms with Gasteiger partial charge in [-0.3, -0.25) is 0 Å². The van der Waals surface area contributed by atoms with E-state index >= 15 is 0 Å². The van der Waals surface area contributed by atoms with Gasteiger partial charge in [-0.15, -0.1) is 0 Å². The van der Waals surface area contributed by atoms with E-state index in [2.05, 4.69) is 4.74 Å². The third-order valence-corrected chi connectivity index (χ3v) is 1.84. The van der Waals surface area contributed by atoms with E-state index in [4.69, 9.17) is 25.5 Å². The molecule has 1 aliphatic heterocycles. The van der Waals surface area contributed by atoms with Crippen molar-refractivity contribution in [1.29, 1.82) is 0 Å². The number of carbonyl (C=O) groups is 1. The van der Waals surface area contributed by atoms with E-state index in [0.29, 0.717) is 0 Å². The maximum atomic E-state index is 10.2. The first-order valence-electron chi connectivity index (χ1n) is 3.55. The minimum atomic E-state index is -1.97. The number of rotatable bonds is 2. The highest BCUT2D eigenvalue weighted by Crippen LogP contribution is 2.22. The number of carboxylic acids is 1. The zero-order valence-electron chi connectivity index (χ0n) is 6.44. The molecule has 0 saturated carbocycles. The largest absolute Gasteiger partial charge is 0.479 e. The molecule has 5 atom stereocenters. The molecule has 1 heterocycles. The van der Waals surface area contributed by atoms with Gasteiger partial charge in [0, 0.05) is 0 Å². The lowest BCUT2D eigenvalue weighted by molar-refractivity contribution is -0.170. The van der Waals surface area contributed by atoms with Crippen molar-refractivity contribution in [2.75, 3.05) is 0 Å². The summed E-state index contributed by atoms with van der Waals surface area (Å²) in [6.45, 7) is 0. The van der Waals surface area contributed by atoms with Crippen molar-refractivity contribution in [1.82, 2.24) is 0 Å². The van der Waals surface area contributed by atoms with Crippen molar-refractivity contribution in [2.45, 2.75) is 30.7 Å². The number of ether oxygens (including phenoxy) is 1. The molecule has 0 amide bonds. The molecular formula is C6H10O7. The first-order chi connectivity index (χ1) is 5.95. The van der Waals surface area contributed by atoms with Gasteiger partial charge >= 0.3 is 5.97 Å². The Hall–Kier alpha value is -0.730. The molecule has 1 fully saturated rings. The van der Waals surface area contributed by atoms with E-state index in [9.17, 15) is 4.79 Å². The predicted molar refractivity (Wildman–Crippen MR) is 36.5 cm³/mol. The van der Waals surface area contributed by atoms with Crippen LogP contribution in [0.3, 0.4) is 0 Å². The lowest BCUT2D eigenvalue weighted by Crippen LogP contribution is -2.42. The van der Waals surface area contributed by atoms with Crippen LogP contribution >= 0.6 is 0 Å². The van der Waals surface area contributed by atoms with E-state index in [1.165, 1.54) is 0 Å². The first kappa shape index (κ1) is 10.4. The highest BCUT2D eigenvalue weighted by atomic mass is 16.6. The second-order valence-corrected chi connectivity index (χ2v) is 2.76. The van der Waals surface area contributed by atoms with Crippen molar-refractivity contribution in [3.63, 3.8) is 0 Å². The second kappa shape index (κ2) is 3.56. The Balaban J connectivity index is 2.68. The van der Waals surface area contributed by atoms with Gasteiger partial charge in [-0.2, -0.15) is 0 Å². The molecule has 0 aliphatic carbocycles. The van der Waals surface area contributed by atoms with Crippen LogP contribution in [0.15, 0.2) is 0 Å². The Morgan fingerprint density at radius 3 is 2.08 bits per heavy atom. The average Bonchev–Trinajstić information content (AvgIpc) is 2.31. The summed E-state index contributed by atoms with van der Waals surface area (Å²) in [4.78, 5) is 10.2. The quantitative estimate of drug-likeness (QED) is 0.314. The summed E-state index contributed by atoms with van der Waals surface area (Å²) in [5.74, 6) is -1.59. The Morgan fingerprint density at radius 2 is 1.77 bits per heavy atom. The summed E-state index contributed by atoms with van der Waals surface area (Å²) in [5, 5.41) is 44.1. The zero-order chi connectivity index (χ0) is 10.2. The molecule has 76 valence electrons. The van der Waals surface area contributed by atoms with E-state index < -0.39 is 36.7 Å². The molecule has 0 aromatic heterocycles. The lowest BCUT2D eigenvalue weighted by Gasteiger charge is -2.16. The van der Waals surface area contributed by atoms with Crippen LogP contribution in [0.1, 0.15) is 0 Å². The Kier molecular flexibility index (Phi) is 2.84. The topological polar surface area (TPSA) is 127 Å². The van der Waals surface area contributed by atoms with E-state index in [1.54, 1.807) is 0 Å². The highest BCUT2D eigenvalue weighted by molar-refractivity contribution is 5.72. The predicted octanol–water partition coefficient (Wildman–Crippen LogP) is -3.13. The normalized spacial score (nSPS) is 41.8. The van der Waals surface area contributed by atoms with Crippen LogP contribution in [-0.4, -0.2) is 62.2 Å². The number of aliphatic hydroxyl groups is 4. The number of hydrogen-bond acceptors (Lipinski definition) is 6. The molecule has 0 aromatic carbocycles. The molecule has 0 unspecified atom stereocenters. The molecule has 7 nitrogen and oxygen atoms in total. The fraction of sp³-hybridized carbons (Fsp3) is 0.833. The number of aliphatic carboxylic acids is 1. The minimum Gasteiger partial charge on any atom is -0.479 e. The van der Waals surface area contributed by atoms with Gasteiger partial charge in [0.25, 0.3) is 0 Å². The summed E-state index contributed by atoms with van der Waals surface area (Å²) < 4.78 is 4.43. The van der Waals surface area contributed by atoms with Crippen LogP contribution in [-0.2, 0) is 9.53 Å².